The maximum Gasteiger partial charge on any atom is 0.0997 e. The van der Waals surface area contributed by atoms with E-state index in [0.29, 0.717) is 0 Å². The number of benzene rings is 2. The van der Waals surface area contributed by atoms with Gasteiger partial charge in [-0.05, 0) is 56.9 Å². The van der Waals surface area contributed by atoms with Gasteiger partial charge in [-0.2, -0.15) is 5.26 Å². The fourth-order valence-electron chi connectivity index (χ4n) is 3.82. The predicted octanol–water partition coefficient (Wildman–Crippen LogP) is 4.90. The molecular formula is C23H21N3. The molecule has 0 fully saturated rings. The Balaban J connectivity index is 1.97. The van der Waals surface area contributed by atoms with Gasteiger partial charge in [0.1, 0.15) is 0 Å². The van der Waals surface area contributed by atoms with Gasteiger partial charge in [0.2, 0.25) is 0 Å². The third kappa shape index (κ3) is 2.59. The Kier molecular flexibility index (Phi) is 3.66. The smallest absolute Gasteiger partial charge is 0.0997 e. The van der Waals surface area contributed by atoms with E-state index in [2.05, 4.69) is 57.2 Å². The van der Waals surface area contributed by atoms with Crippen LogP contribution in [0.25, 0.3) is 10.9 Å². The molecule has 0 N–H and O–H groups in total. The summed E-state index contributed by atoms with van der Waals surface area (Å²) in [4.78, 5) is 9.72. The van der Waals surface area contributed by atoms with Crippen molar-refractivity contribution < 1.29 is 0 Å². The van der Waals surface area contributed by atoms with Crippen molar-refractivity contribution >= 4 is 16.6 Å². The molecule has 0 bridgehead atoms. The minimum absolute atomic E-state index is 0.247. The van der Waals surface area contributed by atoms with Crippen LogP contribution >= 0.6 is 0 Å². The van der Waals surface area contributed by atoms with Crippen LogP contribution in [0.3, 0.4) is 0 Å². The predicted molar refractivity (Wildman–Crippen MR) is 106 cm³/mol. The highest BCUT2D eigenvalue weighted by molar-refractivity contribution is 6.15. The van der Waals surface area contributed by atoms with E-state index in [1.54, 1.807) is 0 Å². The van der Waals surface area contributed by atoms with Crippen molar-refractivity contribution in [3.05, 3.63) is 76.0 Å². The summed E-state index contributed by atoms with van der Waals surface area (Å²) in [7, 11) is 0. The zero-order valence-electron chi connectivity index (χ0n) is 15.6. The molecule has 0 spiro atoms. The van der Waals surface area contributed by atoms with Crippen molar-refractivity contribution in [2.75, 3.05) is 0 Å². The number of nitriles is 1. The number of para-hydroxylation sites is 1. The van der Waals surface area contributed by atoms with Gasteiger partial charge >= 0.3 is 0 Å². The summed E-state index contributed by atoms with van der Waals surface area (Å²) in [6.45, 7) is 8.32. The molecule has 0 saturated heterocycles. The Labute approximate surface area is 154 Å². The highest BCUT2D eigenvalue weighted by Gasteiger charge is 2.30. The Hall–Kier alpha value is -2.99. The highest BCUT2D eigenvalue weighted by Crippen LogP contribution is 2.33. The monoisotopic (exact) mass is 339 g/mol. The standard InChI is InChI=1S/C23H21N3/c1-14-8-9-18-19(20(14)12-24)11-23(3,4)26-22(18)17-10-16-7-5-6-15(2)21(16)25-13-17/h5-10,13H,11H2,1-4H3. The lowest BCUT2D eigenvalue weighted by atomic mass is 9.81. The van der Waals surface area contributed by atoms with Crippen LogP contribution in [-0.4, -0.2) is 16.2 Å². The molecule has 1 aliphatic rings. The Morgan fingerprint density at radius 1 is 1.08 bits per heavy atom. The normalized spacial score (nSPS) is 15.3. The van der Waals surface area contributed by atoms with E-state index >= 15 is 0 Å². The minimum atomic E-state index is -0.247. The molecular weight excluding hydrogens is 318 g/mol. The van der Waals surface area contributed by atoms with Crippen LogP contribution in [0.5, 0.6) is 0 Å². The van der Waals surface area contributed by atoms with Gasteiger partial charge in [0.15, 0.2) is 0 Å². The average molecular weight is 339 g/mol. The van der Waals surface area contributed by atoms with Gasteiger partial charge in [-0.25, -0.2) is 0 Å². The Morgan fingerprint density at radius 2 is 1.88 bits per heavy atom. The van der Waals surface area contributed by atoms with Crippen LogP contribution in [0.4, 0.5) is 0 Å². The van der Waals surface area contributed by atoms with Crippen molar-refractivity contribution in [2.45, 2.75) is 39.7 Å². The molecule has 2 heterocycles. The van der Waals surface area contributed by atoms with Gasteiger partial charge in [0, 0.05) is 22.7 Å². The van der Waals surface area contributed by atoms with E-state index in [4.69, 9.17) is 9.98 Å². The summed E-state index contributed by atoms with van der Waals surface area (Å²) >= 11 is 0. The lowest BCUT2D eigenvalue weighted by molar-refractivity contribution is 0.513. The number of rotatable bonds is 1. The number of hydrogen-bond donors (Lipinski definition) is 0. The van der Waals surface area contributed by atoms with Crippen molar-refractivity contribution in [1.29, 1.82) is 5.26 Å². The van der Waals surface area contributed by atoms with Crippen LogP contribution < -0.4 is 0 Å². The molecule has 3 nitrogen and oxygen atoms in total. The SMILES string of the molecule is Cc1ccc2c(c1C#N)CC(C)(C)N=C2c1cnc2c(C)cccc2c1. The van der Waals surface area contributed by atoms with Crippen LogP contribution in [0, 0.1) is 25.2 Å². The zero-order valence-corrected chi connectivity index (χ0v) is 15.6. The number of aromatic nitrogens is 1. The molecule has 0 amide bonds. The van der Waals surface area contributed by atoms with Gasteiger partial charge in [-0.1, -0.05) is 30.3 Å². The Bertz CT molecular complexity index is 1110. The first-order valence-electron chi connectivity index (χ1n) is 8.88. The largest absolute Gasteiger partial charge is 0.278 e. The van der Waals surface area contributed by atoms with Crippen molar-refractivity contribution in [2.24, 2.45) is 4.99 Å². The summed E-state index contributed by atoms with van der Waals surface area (Å²) in [6, 6.07) is 14.9. The third-order valence-corrected chi connectivity index (χ3v) is 5.10. The molecule has 2 aromatic carbocycles. The van der Waals surface area contributed by atoms with Crippen molar-refractivity contribution in [3.8, 4) is 6.07 Å². The van der Waals surface area contributed by atoms with Gasteiger partial charge in [-0.15, -0.1) is 0 Å². The van der Waals surface area contributed by atoms with Crippen LogP contribution in [0.2, 0.25) is 0 Å². The number of fused-ring (bicyclic) bond motifs is 2. The minimum Gasteiger partial charge on any atom is -0.278 e. The molecule has 3 aromatic rings. The summed E-state index contributed by atoms with van der Waals surface area (Å²) in [5.74, 6) is 0. The molecule has 128 valence electrons. The topological polar surface area (TPSA) is 49.0 Å². The number of aryl methyl sites for hydroxylation is 2. The fraction of sp³-hybridized carbons (Fsp3) is 0.261. The molecule has 1 aliphatic heterocycles. The van der Waals surface area contributed by atoms with Gasteiger partial charge in [0.05, 0.1) is 28.4 Å². The quantitative estimate of drug-likeness (QED) is 0.633. The van der Waals surface area contributed by atoms with E-state index < -0.39 is 0 Å². The first kappa shape index (κ1) is 16.5. The molecule has 3 heteroatoms. The van der Waals surface area contributed by atoms with E-state index in [-0.39, 0.29) is 5.54 Å². The lowest BCUT2D eigenvalue weighted by Crippen LogP contribution is -2.30. The molecule has 0 unspecified atom stereocenters. The first-order valence-corrected chi connectivity index (χ1v) is 8.88. The van der Waals surface area contributed by atoms with Crippen LogP contribution in [0.15, 0.2) is 47.6 Å². The van der Waals surface area contributed by atoms with Gasteiger partial charge < -0.3 is 0 Å². The highest BCUT2D eigenvalue weighted by atomic mass is 14.9. The fourth-order valence-corrected chi connectivity index (χ4v) is 3.82. The molecule has 0 atom stereocenters. The average Bonchev–Trinajstić information content (AvgIpc) is 2.60. The lowest BCUT2D eigenvalue weighted by Gasteiger charge is -2.30. The van der Waals surface area contributed by atoms with E-state index in [9.17, 15) is 5.26 Å². The first-order chi connectivity index (χ1) is 12.4. The van der Waals surface area contributed by atoms with E-state index in [1.807, 2.05) is 19.2 Å². The van der Waals surface area contributed by atoms with Gasteiger partial charge in [-0.3, -0.25) is 9.98 Å². The summed E-state index contributed by atoms with van der Waals surface area (Å²) in [6.07, 6.45) is 2.68. The maximum atomic E-state index is 9.67. The van der Waals surface area contributed by atoms with E-state index in [0.717, 1.165) is 50.9 Å². The van der Waals surface area contributed by atoms with Gasteiger partial charge in [0.25, 0.3) is 0 Å². The maximum absolute atomic E-state index is 9.67. The summed E-state index contributed by atoms with van der Waals surface area (Å²) in [5, 5.41) is 10.8. The molecule has 0 aliphatic carbocycles. The van der Waals surface area contributed by atoms with Crippen molar-refractivity contribution in [1.82, 2.24) is 4.98 Å². The summed E-state index contributed by atoms with van der Waals surface area (Å²) in [5.41, 5.74) is 7.85. The number of nitrogens with zero attached hydrogens (tertiary/aromatic N) is 3. The molecule has 0 radical (unpaired) electrons. The second-order valence-corrected chi connectivity index (χ2v) is 7.72. The number of aliphatic imine (C=N–C) groups is 1. The van der Waals surface area contributed by atoms with Crippen LogP contribution in [-0.2, 0) is 6.42 Å². The second-order valence-electron chi connectivity index (χ2n) is 7.72. The summed E-state index contributed by atoms with van der Waals surface area (Å²) < 4.78 is 0. The zero-order chi connectivity index (χ0) is 18.5. The van der Waals surface area contributed by atoms with E-state index in [1.165, 1.54) is 5.56 Å². The van der Waals surface area contributed by atoms with Crippen LogP contribution in [0.1, 0.15) is 47.2 Å². The number of hydrogen-bond acceptors (Lipinski definition) is 3. The molecule has 4 rings (SSSR count). The molecule has 0 saturated carbocycles. The molecule has 1 aromatic heterocycles. The third-order valence-electron chi connectivity index (χ3n) is 5.10. The number of pyridine rings is 1. The Morgan fingerprint density at radius 3 is 2.65 bits per heavy atom. The van der Waals surface area contributed by atoms with Crippen molar-refractivity contribution in [3.63, 3.8) is 0 Å². The molecule has 26 heavy (non-hydrogen) atoms. The second kappa shape index (κ2) is 5.78.